The Balaban J connectivity index is 1.91. The highest BCUT2D eigenvalue weighted by atomic mass is 32.2. The SMILES string of the molecule is CC1(C)C(c2nnc(SCC(=O)O)n2C2CC2)C1(C)C. The molecule has 3 rings (SSSR count). The number of carboxylic acid groups (broad SMARTS) is 1. The van der Waals surface area contributed by atoms with Crippen LogP contribution in [0.4, 0.5) is 0 Å². The standard InChI is InChI=1S/C14H21N3O2S/c1-13(2)10(14(13,3)4)11-15-16-12(20-7-9(18)19)17(11)8-5-6-8/h8,10H,5-7H2,1-4H3,(H,18,19). The van der Waals surface area contributed by atoms with Crippen molar-refractivity contribution >= 4 is 17.7 Å². The first kappa shape index (κ1) is 13.9. The zero-order valence-electron chi connectivity index (χ0n) is 12.4. The first-order valence-electron chi connectivity index (χ1n) is 7.06. The summed E-state index contributed by atoms with van der Waals surface area (Å²) < 4.78 is 2.20. The quantitative estimate of drug-likeness (QED) is 0.846. The Hall–Kier alpha value is -1.04. The second-order valence-electron chi connectivity index (χ2n) is 7.00. The summed E-state index contributed by atoms with van der Waals surface area (Å²) in [5.41, 5.74) is 0.447. The summed E-state index contributed by atoms with van der Waals surface area (Å²) in [6, 6.07) is 0.475. The van der Waals surface area contributed by atoms with Crippen LogP contribution in [0.2, 0.25) is 0 Å². The second kappa shape index (κ2) is 4.23. The Bertz CT molecular complexity index is 547. The van der Waals surface area contributed by atoms with Crippen LogP contribution in [0.1, 0.15) is 58.3 Å². The maximum absolute atomic E-state index is 10.8. The molecule has 0 aromatic carbocycles. The maximum atomic E-state index is 10.8. The third-order valence-corrected chi connectivity index (χ3v) is 6.13. The fourth-order valence-corrected chi connectivity index (χ4v) is 3.96. The van der Waals surface area contributed by atoms with E-state index in [-0.39, 0.29) is 16.6 Å². The molecule has 1 N–H and O–H groups in total. The largest absolute Gasteiger partial charge is 0.481 e. The third-order valence-electron chi connectivity index (χ3n) is 5.21. The van der Waals surface area contributed by atoms with Crippen LogP contribution in [-0.2, 0) is 4.79 Å². The Kier molecular flexibility index (Phi) is 2.94. The lowest BCUT2D eigenvalue weighted by Gasteiger charge is -2.09. The average Bonchev–Trinajstić information content (AvgIpc) is 3.17. The molecule has 0 amide bonds. The summed E-state index contributed by atoms with van der Waals surface area (Å²) in [6.07, 6.45) is 2.30. The van der Waals surface area contributed by atoms with Gasteiger partial charge in [0.2, 0.25) is 0 Å². The van der Waals surface area contributed by atoms with Gasteiger partial charge in [0.05, 0.1) is 5.75 Å². The Morgan fingerprint density at radius 1 is 1.30 bits per heavy atom. The van der Waals surface area contributed by atoms with Crippen LogP contribution in [0.5, 0.6) is 0 Å². The van der Waals surface area contributed by atoms with Crippen molar-refractivity contribution in [1.82, 2.24) is 14.8 Å². The number of hydrogen-bond donors (Lipinski definition) is 1. The van der Waals surface area contributed by atoms with E-state index < -0.39 is 5.97 Å². The Morgan fingerprint density at radius 3 is 2.35 bits per heavy atom. The molecular weight excluding hydrogens is 274 g/mol. The molecule has 0 atom stereocenters. The minimum absolute atomic E-state index is 0.0440. The van der Waals surface area contributed by atoms with Crippen molar-refractivity contribution in [3.05, 3.63) is 5.82 Å². The Labute approximate surface area is 123 Å². The van der Waals surface area contributed by atoms with E-state index in [9.17, 15) is 4.79 Å². The van der Waals surface area contributed by atoms with Crippen molar-refractivity contribution in [3.8, 4) is 0 Å². The van der Waals surface area contributed by atoms with Crippen LogP contribution in [0.3, 0.4) is 0 Å². The van der Waals surface area contributed by atoms with Gasteiger partial charge in [-0.1, -0.05) is 39.5 Å². The number of carboxylic acids is 1. The van der Waals surface area contributed by atoms with E-state index in [4.69, 9.17) is 5.11 Å². The first-order valence-corrected chi connectivity index (χ1v) is 8.04. The van der Waals surface area contributed by atoms with E-state index in [0.717, 1.165) is 23.8 Å². The van der Waals surface area contributed by atoms with Crippen molar-refractivity contribution in [2.24, 2.45) is 10.8 Å². The summed E-state index contributed by atoms with van der Waals surface area (Å²) in [5.74, 6) is 0.689. The number of thioether (sulfide) groups is 1. The predicted octanol–water partition coefficient (Wildman–Crippen LogP) is 2.94. The van der Waals surface area contributed by atoms with Crippen LogP contribution < -0.4 is 0 Å². The van der Waals surface area contributed by atoms with Crippen molar-refractivity contribution in [1.29, 1.82) is 0 Å². The molecule has 20 heavy (non-hydrogen) atoms. The third kappa shape index (κ3) is 1.96. The van der Waals surface area contributed by atoms with Crippen LogP contribution in [0.25, 0.3) is 0 Å². The van der Waals surface area contributed by atoms with Crippen LogP contribution in [0, 0.1) is 10.8 Å². The van der Waals surface area contributed by atoms with E-state index in [2.05, 4.69) is 42.5 Å². The highest BCUT2D eigenvalue weighted by Crippen LogP contribution is 2.73. The van der Waals surface area contributed by atoms with E-state index >= 15 is 0 Å². The molecule has 0 unspecified atom stereocenters. The van der Waals surface area contributed by atoms with Gasteiger partial charge in [0.1, 0.15) is 5.82 Å². The summed E-state index contributed by atoms with van der Waals surface area (Å²) >= 11 is 1.28. The molecule has 0 aliphatic heterocycles. The van der Waals surface area contributed by atoms with Crippen molar-refractivity contribution in [2.75, 3.05) is 5.75 Å². The predicted molar refractivity (Wildman–Crippen MR) is 77.0 cm³/mol. The van der Waals surface area contributed by atoms with Gasteiger partial charge in [0.25, 0.3) is 0 Å². The van der Waals surface area contributed by atoms with Crippen LogP contribution in [-0.4, -0.2) is 31.6 Å². The highest BCUT2D eigenvalue weighted by molar-refractivity contribution is 7.99. The molecule has 1 heterocycles. The average molecular weight is 295 g/mol. The molecular formula is C14H21N3O2S. The molecule has 0 radical (unpaired) electrons. The fourth-order valence-electron chi connectivity index (χ4n) is 3.23. The topological polar surface area (TPSA) is 68.0 Å². The van der Waals surface area contributed by atoms with E-state index in [0.29, 0.717) is 12.0 Å². The molecule has 110 valence electrons. The number of nitrogens with zero attached hydrogens (tertiary/aromatic N) is 3. The summed E-state index contributed by atoms with van der Waals surface area (Å²) in [6.45, 7) is 9.09. The van der Waals surface area contributed by atoms with Gasteiger partial charge in [-0.2, -0.15) is 0 Å². The zero-order valence-corrected chi connectivity index (χ0v) is 13.2. The normalized spacial score (nSPS) is 23.8. The zero-order chi connectivity index (χ0) is 14.7. The smallest absolute Gasteiger partial charge is 0.313 e. The Morgan fingerprint density at radius 2 is 1.90 bits per heavy atom. The lowest BCUT2D eigenvalue weighted by atomic mass is 10.0. The lowest BCUT2D eigenvalue weighted by molar-refractivity contribution is -0.133. The first-order chi connectivity index (χ1) is 9.26. The molecule has 6 heteroatoms. The van der Waals surface area contributed by atoms with Gasteiger partial charge < -0.3 is 9.67 Å². The van der Waals surface area contributed by atoms with Crippen LogP contribution >= 0.6 is 11.8 Å². The summed E-state index contributed by atoms with van der Waals surface area (Å²) in [5, 5.41) is 18.3. The van der Waals surface area contributed by atoms with Gasteiger partial charge in [-0.05, 0) is 23.7 Å². The van der Waals surface area contributed by atoms with E-state index in [1.807, 2.05) is 0 Å². The number of carbonyl (C=O) groups is 1. The number of aromatic nitrogens is 3. The van der Waals surface area contributed by atoms with Gasteiger partial charge in [0, 0.05) is 12.0 Å². The van der Waals surface area contributed by atoms with Gasteiger partial charge in [0.15, 0.2) is 5.16 Å². The number of hydrogen-bond acceptors (Lipinski definition) is 4. The monoisotopic (exact) mass is 295 g/mol. The minimum atomic E-state index is -0.811. The van der Waals surface area contributed by atoms with Gasteiger partial charge in [-0.25, -0.2) is 0 Å². The van der Waals surface area contributed by atoms with Gasteiger partial charge in [-0.15, -0.1) is 10.2 Å². The molecule has 2 aliphatic carbocycles. The van der Waals surface area contributed by atoms with Crippen molar-refractivity contribution in [2.45, 2.75) is 57.7 Å². The molecule has 2 fully saturated rings. The van der Waals surface area contributed by atoms with Crippen LogP contribution in [0.15, 0.2) is 5.16 Å². The molecule has 0 spiro atoms. The molecule has 0 bridgehead atoms. The van der Waals surface area contributed by atoms with Crippen molar-refractivity contribution in [3.63, 3.8) is 0 Å². The molecule has 0 saturated heterocycles. The fraction of sp³-hybridized carbons (Fsp3) is 0.786. The van der Waals surface area contributed by atoms with E-state index in [1.54, 1.807) is 0 Å². The second-order valence-corrected chi connectivity index (χ2v) is 7.94. The van der Waals surface area contributed by atoms with Gasteiger partial charge >= 0.3 is 5.97 Å². The molecule has 1 aromatic heterocycles. The summed E-state index contributed by atoms with van der Waals surface area (Å²) in [7, 11) is 0. The molecule has 5 nitrogen and oxygen atoms in total. The molecule has 2 aliphatic rings. The number of aliphatic carboxylic acids is 1. The lowest BCUT2D eigenvalue weighted by Crippen LogP contribution is -2.06. The molecule has 1 aromatic rings. The maximum Gasteiger partial charge on any atom is 0.313 e. The highest BCUT2D eigenvalue weighted by Gasteiger charge is 2.67. The summed E-state index contributed by atoms with van der Waals surface area (Å²) in [4.78, 5) is 10.8. The van der Waals surface area contributed by atoms with Crippen molar-refractivity contribution < 1.29 is 9.90 Å². The molecule has 2 saturated carbocycles. The number of rotatable bonds is 5. The van der Waals surface area contributed by atoms with E-state index in [1.165, 1.54) is 11.8 Å². The minimum Gasteiger partial charge on any atom is -0.481 e. The van der Waals surface area contributed by atoms with Gasteiger partial charge in [-0.3, -0.25) is 4.79 Å².